The fraction of sp³-hybridized carbons (Fsp3) is 0.300. The monoisotopic (exact) mass is 419 g/mol. The van der Waals surface area contributed by atoms with Gasteiger partial charge in [0.2, 0.25) is 18.0 Å². The molecule has 3 rings (SSSR count). The molecule has 0 aliphatic heterocycles. The van der Waals surface area contributed by atoms with Crippen molar-refractivity contribution in [2.24, 2.45) is 5.92 Å². The summed E-state index contributed by atoms with van der Waals surface area (Å²) in [5.41, 5.74) is 0.446. The number of carbonyl (C=O) groups is 4. The van der Waals surface area contributed by atoms with Crippen LogP contribution in [0.1, 0.15) is 35.2 Å². The quantitative estimate of drug-likeness (QED) is 0.474. The van der Waals surface area contributed by atoms with Gasteiger partial charge in [0, 0.05) is 24.1 Å². The fourth-order valence-corrected chi connectivity index (χ4v) is 3.99. The Kier molecular flexibility index (Phi) is 5.74. The summed E-state index contributed by atoms with van der Waals surface area (Å²) in [5.74, 6) is -2.33. The molecule has 29 heavy (non-hydrogen) atoms. The normalized spacial score (nSPS) is 19.0. The zero-order chi connectivity index (χ0) is 21.3. The van der Waals surface area contributed by atoms with E-state index >= 15 is 0 Å². The minimum Gasteiger partial charge on any atom is -0.507 e. The number of halogens is 1. The minimum absolute atomic E-state index is 0.0111. The van der Waals surface area contributed by atoms with Gasteiger partial charge in [-0.25, -0.2) is 0 Å². The van der Waals surface area contributed by atoms with Crippen LogP contribution < -0.4 is 5.32 Å². The number of methoxy groups -OCH3 is 1. The standard InChI is InChI=1S/C20H18ClNO7/c1-29-20-10(19(28)12(22-8-23)6-16(20)27)3-2-9-4-11-17(13(24)5-9)14(25)7-15(26)18(11)21/h6-9,25-26H,2-5H2,1H3,(H,22,23). The molecule has 0 heterocycles. The minimum atomic E-state index is -0.533. The Bertz CT molecular complexity index is 993. The van der Waals surface area contributed by atoms with Crippen molar-refractivity contribution in [3.05, 3.63) is 45.3 Å². The second-order valence-corrected chi connectivity index (χ2v) is 7.22. The zero-order valence-electron chi connectivity index (χ0n) is 15.5. The van der Waals surface area contributed by atoms with E-state index in [4.69, 9.17) is 16.3 Å². The summed E-state index contributed by atoms with van der Waals surface area (Å²) in [7, 11) is 1.28. The topological polar surface area (TPSA) is 130 Å². The summed E-state index contributed by atoms with van der Waals surface area (Å²) < 4.78 is 5.08. The summed E-state index contributed by atoms with van der Waals surface area (Å²) in [5, 5.41) is 22.0. The molecule has 2 aliphatic rings. The van der Waals surface area contributed by atoms with Crippen molar-refractivity contribution < 1.29 is 34.1 Å². The highest BCUT2D eigenvalue weighted by Gasteiger charge is 2.33. The molecular weight excluding hydrogens is 402 g/mol. The van der Waals surface area contributed by atoms with Gasteiger partial charge in [0.15, 0.2) is 11.5 Å². The van der Waals surface area contributed by atoms with Crippen LogP contribution in [0.4, 0.5) is 0 Å². The van der Waals surface area contributed by atoms with Crippen LogP contribution in [0.5, 0.6) is 11.5 Å². The molecule has 1 atom stereocenters. The largest absolute Gasteiger partial charge is 0.507 e. The van der Waals surface area contributed by atoms with E-state index in [1.807, 2.05) is 0 Å². The average molecular weight is 420 g/mol. The van der Waals surface area contributed by atoms with Crippen LogP contribution in [0.2, 0.25) is 5.02 Å². The maximum atomic E-state index is 12.6. The summed E-state index contributed by atoms with van der Waals surface area (Å²) in [6.07, 6.45) is 2.24. The first-order chi connectivity index (χ1) is 13.8. The summed E-state index contributed by atoms with van der Waals surface area (Å²) >= 11 is 6.11. The molecule has 0 radical (unpaired) electrons. The van der Waals surface area contributed by atoms with E-state index in [2.05, 4.69) is 5.32 Å². The number of Topliss-reactive ketones (excluding diaryl/α,β-unsaturated/α-hetero) is 2. The molecule has 3 N–H and O–H groups in total. The molecule has 1 aromatic carbocycles. The van der Waals surface area contributed by atoms with Crippen molar-refractivity contribution in [2.75, 3.05) is 7.11 Å². The summed E-state index contributed by atoms with van der Waals surface area (Å²) in [6.45, 7) is 0. The molecule has 0 aromatic heterocycles. The highest BCUT2D eigenvalue weighted by Crippen LogP contribution is 2.42. The molecule has 1 unspecified atom stereocenters. The molecule has 0 spiro atoms. The smallest absolute Gasteiger partial charge is 0.222 e. The van der Waals surface area contributed by atoms with Crippen molar-refractivity contribution in [3.8, 4) is 11.5 Å². The number of rotatable bonds is 6. The van der Waals surface area contributed by atoms with Crippen LogP contribution in [0.25, 0.3) is 0 Å². The Morgan fingerprint density at radius 2 is 1.97 bits per heavy atom. The number of phenolic OH excluding ortho intramolecular Hbond substituents is 2. The Labute approximate surface area is 170 Å². The third-order valence-corrected chi connectivity index (χ3v) is 5.50. The molecule has 0 bridgehead atoms. The number of hydrogen-bond donors (Lipinski definition) is 3. The fourth-order valence-electron chi connectivity index (χ4n) is 3.76. The maximum absolute atomic E-state index is 12.6. The van der Waals surface area contributed by atoms with Gasteiger partial charge >= 0.3 is 0 Å². The van der Waals surface area contributed by atoms with Crippen molar-refractivity contribution in [3.63, 3.8) is 0 Å². The molecule has 9 heteroatoms. The second-order valence-electron chi connectivity index (χ2n) is 6.84. The first-order valence-corrected chi connectivity index (χ1v) is 9.20. The van der Waals surface area contributed by atoms with Crippen LogP contribution >= 0.6 is 11.6 Å². The van der Waals surface area contributed by atoms with Gasteiger partial charge in [-0.1, -0.05) is 11.6 Å². The molecular formula is C20H18ClNO7. The van der Waals surface area contributed by atoms with E-state index in [-0.39, 0.29) is 63.7 Å². The highest BCUT2D eigenvalue weighted by molar-refractivity contribution is 6.33. The number of ketones is 3. The number of allylic oxidation sites excluding steroid dienone is 2. The lowest BCUT2D eigenvalue weighted by atomic mass is 9.79. The lowest BCUT2D eigenvalue weighted by molar-refractivity contribution is -0.119. The molecule has 152 valence electrons. The van der Waals surface area contributed by atoms with Crippen LogP contribution in [0, 0.1) is 5.92 Å². The summed E-state index contributed by atoms with van der Waals surface area (Å²) in [4.78, 5) is 47.9. The van der Waals surface area contributed by atoms with E-state index in [1.165, 1.54) is 7.11 Å². The van der Waals surface area contributed by atoms with E-state index < -0.39 is 11.6 Å². The first-order valence-electron chi connectivity index (χ1n) is 8.83. The van der Waals surface area contributed by atoms with Crippen molar-refractivity contribution in [1.29, 1.82) is 0 Å². The third-order valence-electron chi connectivity index (χ3n) is 5.08. The van der Waals surface area contributed by atoms with E-state index in [1.54, 1.807) is 0 Å². The predicted molar refractivity (Wildman–Crippen MR) is 101 cm³/mol. The number of phenols is 2. The first kappa shape index (κ1) is 20.6. The van der Waals surface area contributed by atoms with Crippen molar-refractivity contribution in [1.82, 2.24) is 5.32 Å². The number of hydrogen-bond acceptors (Lipinski definition) is 7. The lowest BCUT2D eigenvalue weighted by Gasteiger charge is -2.26. The van der Waals surface area contributed by atoms with Gasteiger partial charge in [-0.05, 0) is 30.7 Å². The Balaban J connectivity index is 1.83. The van der Waals surface area contributed by atoms with Gasteiger partial charge < -0.3 is 20.3 Å². The van der Waals surface area contributed by atoms with Crippen LogP contribution in [-0.4, -0.2) is 41.1 Å². The molecule has 8 nitrogen and oxygen atoms in total. The van der Waals surface area contributed by atoms with E-state index in [0.717, 1.165) is 12.1 Å². The molecule has 1 amide bonds. The maximum Gasteiger partial charge on any atom is 0.222 e. The van der Waals surface area contributed by atoms with Gasteiger partial charge in [-0.3, -0.25) is 19.2 Å². The summed E-state index contributed by atoms with van der Waals surface area (Å²) in [6, 6.07) is 1.04. The Hall–Kier alpha value is -3.13. The number of carbonyl (C=O) groups excluding carboxylic acids is 4. The second kappa shape index (κ2) is 8.08. The third kappa shape index (κ3) is 3.75. The molecule has 1 aromatic rings. The van der Waals surface area contributed by atoms with E-state index in [0.29, 0.717) is 24.8 Å². The zero-order valence-corrected chi connectivity index (χ0v) is 16.2. The molecule has 0 fully saturated rings. The number of aromatic hydroxyl groups is 2. The van der Waals surface area contributed by atoms with Gasteiger partial charge in [0.05, 0.1) is 23.4 Å². The van der Waals surface area contributed by atoms with Gasteiger partial charge in [0.1, 0.15) is 11.5 Å². The van der Waals surface area contributed by atoms with Crippen LogP contribution in [0.3, 0.4) is 0 Å². The van der Waals surface area contributed by atoms with Gasteiger partial charge in [0.25, 0.3) is 0 Å². The number of nitrogens with one attached hydrogen (secondary N) is 1. The van der Waals surface area contributed by atoms with Gasteiger partial charge in [-0.2, -0.15) is 0 Å². The SMILES string of the molecule is COC1=C(CCC2CC(=O)c3c(O)cc(O)c(Cl)c3C2)C(=O)C(NC=O)=CC1=O. The number of amides is 1. The number of ether oxygens (including phenoxy) is 1. The molecule has 2 aliphatic carbocycles. The van der Waals surface area contributed by atoms with Crippen LogP contribution in [0.15, 0.2) is 29.2 Å². The number of benzene rings is 1. The Morgan fingerprint density at radius 1 is 1.24 bits per heavy atom. The lowest BCUT2D eigenvalue weighted by Crippen LogP contribution is -2.28. The highest BCUT2D eigenvalue weighted by atomic mass is 35.5. The van der Waals surface area contributed by atoms with E-state index in [9.17, 15) is 29.4 Å². The molecule has 0 saturated carbocycles. The average Bonchev–Trinajstić information content (AvgIpc) is 2.67. The van der Waals surface area contributed by atoms with Crippen molar-refractivity contribution >= 4 is 35.4 Å². The van der Waals surface area contributed by atoms with Crippen molar-refractivity contribution in [2.45, 2.75) is 25.7 Å². The number of fused-ring (bicyclic) bond motifs is 1. The Morgan fingerprint density at radius 3 is 2.62 bits per heavy atom. The predicted octanol–water partition coefficient (Wildman–Crippen LogP) is 1.96. The molecule has 0 saturated heterocycles. The van der Waals surface area contributed by atoms with Crippen LogP contribution in [-0.2, 0) is 25.5 Å². The van der Waals surface area contributed by atoms with Gasteiger partial charge in [-0.15, -0.1) is 0 Å².